The molecule has 0 amide bonds. The van der Waals surface area contributed by atoms with Gasteiger partial charge in [0.2, 0.25) is 5.43 Å². The average molecular weight is 341 g/mol. The molecule has 1 aromatic carbocycles. The normalized spacial score (nSPS) is 10.3. The summed E-state index contributed by atoms with van der Waals surface area (Å²) in [4.78, 5) is 23.5. The number of pyridine rings is 1. The van der Waals surface area contributed by atoms with Crippen molar-refractivity contribution < 1.29 is 14.6 Å². The Bertz CT molecular complexity index is 743. The molecule has 0 saturated heterocycles. The van der Waals surface area contributed by atoms with E-state index in [9.17, 15) is 9.59 Å². The minimum absolute atomic E-state index is 0. The zero-order chi connectivity index (χ0) is 16.1. The molecule has 6 nitrogen and oxygen atoms in total. The molecular formula is C16H21ClN2O4. The molecular weight excluding hydrogens is 320 g/mol. The summed E-state index contributed by atoms with van der Waals surface area (Å²) in [5, 5.41) is 9.52. The second-order valence-corrected chi connectivity index (χ2v) is 4.96. The Kier molecular flexibility index (Phi) is 7.06. The van der Waals surface area contributed by atoms with Crippen LogP contribution in [0.25, 0.3) is 10.9 Å². The van der Waals surface area contributed by atoms with Crippen LogP contribution in [0.1, 0.15) is 30.1 Å². The van der Waals surface area contributed by atoms with Crippen LogP contribution in [0.15, 0.2) is 29.2 Å². The van der Waals surface area contributed by atoms with Crippen LogP contribution >= 0.6 is 12.4 Å². The number of hydrogen-bond donors (Lipinski definition) is 2. The van der Waals surface area contributed by atoms with E-state index in [1.165, 1.54) is 6.20 Å². The number of carbonyl (C=O) groups is 1. The van der Waals surface area contributed by atoms with E-state index >= 15 is 0 Å². The van der Waals surface area contributed by atoms with E-state index in [0.29, 0.717) is 36.3 Å². The Hall–Kier alpha value is -2.05. The summed E-state index contributed by atoms with van der Waals surface area (Å²) in [7, 11) is 0. The first-order valence-corrected chi connectivity index (χ1v) is 7.32. The van der Waals surface area contributed by atoms with Gasteiger partial charge in [-0.3, -0.25) is 4.79 Å². The van der Waals surface area contributed by atoms with E-state index < -0.39 is 11.4 Å². The number of carboxylic acid groups (broad SMARTS) is 1. The van der Waals surface area contributed by atoms with Gasteiger partial charge in [0.05, 0.1) is 17.5 Å². The number of rotatable bonds is 7. The number of para-hydroxylation sites is 1. The van der Waals surface area contributed by atoms with Crippen LogP contribution in [-0.4, -0.2) is 28.8 Å². The van der Waals surface area contributed by atoms with E-state index in [0.717, 1.165) is 12.8 Å². The molecule has 0 aliphatic carbocycles. The maximum absolute atomic E-state index is 12.3. The number of hydrogen-bond acceptors (Lipinski definition) is 4. The molecule has 3 N–H and O–H groups in total. The molecule has 0 aliphatic heterocycles. The van der Waals surface area contributed by atoms with Crippen LogP contribution in [-0.2, 0) is 6.54 Å². The van der Waals surface area contributed by atoms with Crippen molar-refractivity contribution in [3.63, 3.8) is 0 Å². The topological polar surface area (TPSA) is 94.5 Å². The first-order valence-electron chi connectivity index (χ1n) is 7.32. The molecule has 0 saturated carbocycles. The molecule has 1 heterocycles. The third-order valence-corrected chi connectivity index (χ3v) is 3.49. The SMILES string of the molecule is CCn1cc(C(=O)O)c(=O)c2cccc(OCCCCN)c21.Cl. The Morgan fingerprint density at radius 3 is 2.70 bits per heavy atom. The molecule has 0 bridgehead atoms. The summed E-state index contributed by atoms with van der Waals surface area (Å²) in [6.45, 7) is 3.55. The minimum Gasteiger partial charge on any atom is -0.491 e. The van der Waals surface area contributed by atoms with Crippen molar-refractivity contribution in [3.05, 3.63) is 40.2 Å². The van der Waals surface area contributed by atoms with Crippen LogP contribution in [0.5, 0.6) is 5.75 Å². The second-order valence-electron chi connectivity index (χ2n) is 4.96. The van der Waals surface area contributed by atoms with Gasteiger partial charge in [-0.05, 0) is 38.4 Å². The summed E-state index contributed by atoms with van der Waals surface area (Å²) in [6.07, 6.45) is 3.07. The minimum atomic E-state index is -1.22. The zero-order valence-electron chi connectivity index (χ0n) is 12.9. The van der Waals surface area contributed by atoms with Gasteiger partial charge in [-0.25, -0.2) is 4.79 Å². The number of aromatic nitrogens is 1. The van der Waals surface area contributed by atoms with Crippen LogP contribution < -0.4 is 15.9 Å². The number of nitrogens with zero attached hydrogens (tertiary/aromatic N) is 1. The average Bonchev–Trinajstić information content (AvgIpc) is 2.52. The summed E-state index contributed by atoms with van der Waals surface area (Å²) in [5.41, 5.74) is 5.37. The van der Waals surface area contributed by atoms with Crippen molar-refractivity contribution in [2.75, 3.05) is 13.2 Å². The van der Waals surface area contributed by atoms with Crippen molar-refractivity contribution in [2.24, 2.45) is 5.73 Å². The van der Waals surface area contributed by atoms with Gasteiger partial charge in [0.25, 0.3) is 0 Å². The first kappa shape index (κ1) is 19.0. The fourth-order valence-electron chi connectivity index (χ4n) is 2.37. The molecule has 2 rings (SSSR count). The lowest BCUT2D eigenvalue weighted by molar-refractivity contribution is 0.0695. The van der Waals surface area contributed by atoms with Crippen molar-refractivity contribution in [1.29, 1.82) is 0 Å². The standard InChI is InChI=1S/C16H20N2O4.ClH/c1-2-18-10-12(16(20)21)15(19)11-6-5-7-13(14(11)18)22-9-4-3-8-17;/h5-7,10H,2-4,8-9,17H2,1H3,(H,20,21);1H. The molecule has 0 radical (unpaired) electrons. The predicted molar refractivity (Wildman–Crippen MR) is 91.9 cm³/mol. The number of fused-ring (bicyclic) bond motifs is 1. The highest BCUT2D eigenvalue weighted by Crippen LogP contribution is 2.24. The van der Waals surface area contributed by atoms with Crippen LogP contribution in [0.3, 0.4) is 0 Å². The van der Waals surface area contributed by atoms with Gasteiger partial charge >= 0.3 is 5.97 Å². The van der Waals surface area contributed by atoms with Gasteiger partial charge in [0.1, 0.15) is 11.3 Å². The predicted octanol–water partition coefficient (Wildman–Crippen LogP) is 2.26. The highest BCUT2D eigenvalue weighted by atomic mass is 35.5. The number of aryl methyl sites for hydroxylation is 1. The lowest BCUT2D eigenvalue weighted by Gasteiger charge is -2.14. The maximum Gasteiger partial charge on any atom is 0.341 e. The second kappa shape index (κ2) is 8.55. The molecule has 23 heavy (non-hydrogen) atoms. The van der Waals surface area contributed by atoms with Gasteiger partial charge in [0, 0.05) is 12.7 Å². The number of unbranched alkanes of at least 4 members (excludes halogenated alkanes) is 1. The fraction of sp³-hybridized carbons (Fsp3) is 0.375. The Labute approximate surface area is 140 Å². The van der Waals surface area contributed by atoms with Crippen molar-refractivity contribution in [2.45, 2.75) is 26.3 Å². The maximum atomic E-state index is 12.3. The van der Waals surface area contributed by atoms with E-state index in [1.54, 1.807) is 22.8 Å². The summed E-state index contributed by atoms with van der Waals surface area (Å²) >= 11 is 0. The Morgan fingerprint density at radius 2 is 2.09 bits per heavy atom. The number of nitrogens with two attached hydrogens (primary N) is 1. The zero-order valence-corrected chi connectivity index (χ0v) is 13.8. The van der Waals surface area contributed by atoms with Gasteiger partial charge in [-0.1, -0.05) is 6.07 Å². The molecule has 0 atom stereocenters. The van der Waals surface area contributed by atoms with Crippen LogP contribution in [0.4, 0.5) is 0 Å². The van der Waals surface area contributed by atoms with E-state index in [2.05, 4.69) is 0 Å². The highest BCUT2D eigenvalue weighted by molar-refractivity contribution is 5.94. The number of benzene rings is 1. The summed E-state index contributed by atoms with van der Waals surface area (Å²) in [6, 6.07) is 5.12. The quantitative estimate of drug-likeness (QED) is 0.754. The van der Waals surface area contributed by atoms with Gasteiger partial charge in [-0.2, -0.15) is 0 Å². The molecule has 1 aromatic heterocycles. The third-order valence-electron chi connectivity index (χ3n) is 3.49. The lowest BCUT2D eigenvalue weighted by Crippen LogP contribution is -2.19. The number of ether oxygens (including phenoxy) is 1. The van der Waals surface area contributed by atoms with E-state index in [-0.39, 0.29) is 18.0 Å². The van der Waals surface area contributed by atoms with Crippen molar-refractivity contribution in [3.8, 4) is 5.75 Å². The number of halogens is 1. The smallest absolute Gasteiger partial charge is 0.341 e. The molecule has 7 heteroatoms. The van der Waals surface area contributed by atoms with Crippen molar-refractivity contribution >= 4 is 29.3 Å². The van der Waals surface area contributed by atoms with E-state index in [4.69, 9.17) is 15.6 Å². The fourth-order valence-corrected chi connectivity index (χ4v) is 2.37. The molecule has 0 unspecified atom stereocenters. The van der Waals surface area contributed by atoms with Crippen LogP contribution in [0, 0.1) is 0 Å². The lowest BCUT2D eigenvalue weighted by atomic mass is 10.1. The van der Waals surface area contributed by atoms with Crippen LogP contribution in [0.2, 0.25) is 0 Å². The molecule has 2 aromatic rings. The van der Waals surface area contributed by atoms with E-state index in [1.807, 2.05) is 6.92 Å². The third kappa shape index (κ3) is 4.03. The summed E-state index contributed by atoms with van der Waals surface area (Å²) in [5.74, 6) is -0.631. The largest absolute Gasteiger partial charge is 0.491 e. The Morgan fingerprint density at radius 1 is 1.35 bits per heavy atom. The number of carboxylic acids is 1. The molecule has 126 valence electrons. The molecule has 0 spiro atoms. The van der Waals surface area contributed by atoms with Gasteiger partial charge < -0.3 is 20.1 Å². The number of aromatic carboxylic acids is 1. The van der Waals surface area contributed by atoms with Gasteiger partial charge in [-0.15, -0.1) is 12.4 Å². The van der Waals surface area contributed by atoms with Gasteiger partial charge in [0.15, 0.2) is 0 Å². The van der Waals surface area contributed by atoms with Crippen molar-refractivity contribution in [1.82, 2.24) is 4.57 Å². The monoisotopic (exact) mass is 340 g/mol. The summed E-state index contributed by atoms with van der Waals surface area (Å²) < 4.78 is 7.49. The first-order chi connectivity index (χ1) is 10.6. The molecule has 0 aliphatic rings. The molecule has 0 fully saturated rings. The highest BCUT2D eigenvalue weighted by Gasteiger charge is 2.16. The Balaban J connectivity index is 0.00000264.